The van der Waals surface area contributed by atoms with Gasteiger partial charge >= 0.3 is 0 Å². The van der Waals surface area contributed by atoms with Crippen LogP contribution in [0, 0.1) is 33.1 Å². The van der Waals surface area contributed by atoms with Crippen LogP contribution in [0.5, 0.6) is 11.6 Å². The maximum absolute atomic E-state index is 14.2. The summed E-state index contributed by atoms with van der Waals surface area (Å²) in [6.07, 6.45) is 3.03. The molecule has 0 bridgehead atoms. The van der Waals surface area contributed by atoms with Crippen molar-refractivity contribution in [2.45, 2.75) is 123 Å². The van der Waals surface area contributed by atoms with E-state index in [1.807, 2.05) is 94.6 Å². The van der Waals surface area contributed by atoms with Crippen LogP contribution in [0.3, 0.4) is 0 Å². The van der Waals surface area contributed by atoms with Gasteiger partial charge in [0.05, 0.1) is 36.2 Å². The monoisotopic (exact) mass is 1030 g/mol. The molecule has 73 heavy (non-hydrogen) atoms. The zero-order valence-corrected chi connectivity index (χ0v) is 43.5. The molecule has 5 atom stereocenters. The minimum absolute atomic E-state index is 0.0551. The first kappa shape index (κ1) is 51.0. The number of amides is 4. The average molecular weight is 1030 g/mol. The number of nitrogens with zero attached hydrogens (tertiary/aromatic N) is 7. The van der Waals surface area contributed by atoms with Gasteiger partial charge < -0.3 is 39.8 Å². The second-order valence-electron chi connectivity index (χ2n) is 20.1. The molecule has 2 fully saturated rings. The first-order valence-corrected chi connectivity index (χ1v) is 25.5. The van der Waals surface area contributed by atoms with Gasteiger partial charge in [0.1, 0.15) is 40.8 Å². The van der Waals surface area contributed by atoms with Gasteiger partial charge in [-0.15, -0.1) is 21.5 Å². The first-order chi connectivity index (χ1) is 34.8. The summed E-state index contributed by atoms with van der Waals surface area (Å²) in [7, 11) is 0. The fourth-order valence-electron chi connectivity index (χ4n) is 9.43. The number of rotatable bonds is 15. The Balaban J connectivity index is 0.750. The number of carbonyl (C=O) groups excluding carboxylic acids is 4. The third kappa shape index (κ3) is 11.0. The highest BCUT2D eigenvalue weighted by Crippen LogP contribution is 2.40. The number of nitrogens with one attached hydrogen (secondary N) is 3. The van der Waals surface area contributed by atoms with Crippen molar-refractivity contribution < 1.29 is 38.2 Å². The molecule has 1 aliphatic carbocycles. The molecule has 2 aliphatic heterocycles. The van der Waals surface area contributed by atoms with Gasteiger partial charge in [-0.1, -0.05) is 68.8 Å². The number of thiophene rings is 1. The molecule has 0 radical (unpaired) electrons. The number of aryl methyl sites for hydroxylation is 3. The number of β-amino-alcohol motifs (C(OH)–C–C–N with tert-alkyl or cyclic N) is 1. The number of aliphatic hydroxyl groups excluding tert-OH is 1. The van der Waals surface area contributed by atoms with Crippen LogP contribution in [0.25, 0.3) is 16.3 Å². The Kier molecular flexibility index (Phi) is 14.6. The van der Waals surface area contributed by atoms with Crippen LogP contribution in [-0.2, 0) is 19.2 Å². The molecule has 2 aromatic carbocycles. The highest BCUT2D eigenvalue weighted by atomic mass is 35.5. The number of benzene rings is 2. The first-order valence-electron chi connectivity index (χ1n) is 24.3. The van der Waals surface area contributed by atoms with Crippen LogP contribution in [0.2, 0.25) is 5.02 Å². The molecule has 6 heterocycles. The molecule has 0 spiro atoms. The lowest BCUT2D eigenvalue weighted by molar-refractivity contribution is -0.144. The van der Waals surface area contributed by atoms with Crippen molar-refractivity contribution in [2.75, 3.05) is 13.2 Å². The molecule has 3 aliphatic rings. The van der Waals surface area contributed by atoms with Gasteiger partial charge in [-0.25, -0.2) is 9.97 Å². The number of aromatic nitrogens is 5. The number of likely N-dealkylation sites (tertiary alicyclic amines) is 1. The fourth-order valence-corrected chi connectivity index (χ4v) is 10.8. The van der Waals surface area contributed by atoms with Crippen molar-refractivity contribution in [1.82, 2.24) is 45.6 Å². The number of oxazole rings is 1. The van der Waals surface area contributed by atoms with Crippen molar-refractivity contribution in [2.24, 2.45) is 10.4 Å². The Morgan fingerprint density at radius 3 is 2.32 bits per heavy atom. The number of halogens is 1. The summed E-state index contributed by atoms with van der Waals surface area (Å²) in [4.78, 5) is 71.1. The lowest BCUT2D eigenvalue weighted by Gasteiger charge is -2.35. The van der Waals surface area contributed by atoms with Crippen molar-refractivity contribution in [3.63, 3.8) is 0 Å². The van der Waals surface area contributed by atoms with Crippen LogP contribution in [0.15, 0.2) is 82.7 Å². The summed E-state index contributed by atoms with van der Waals surface area (Å²) in [5.74, 6) is 1.05. The minimum Gasteiger partial charge on any atom is -0.482 e. The van der Waals surface area contributed by atoms with Crippen LogP contribution < -0.4 is 25.4 Å². The number of aliphatic imine (C=N–C) groups is 1. The Labute approximate surface area is 432 Å². The molecule has 9 rings (SSSR count). The van der Waals surface area contributed by atoms with Gasteiger partial charge in [-0.2, -0.15) is 0 Å². The zero-order chi connectivity index (χ0) is 51.9. The summed E-state index contributed by atoms with van der Waals surface area (Å²) >= 11 is 7.92. The normalized spacial score (nSPS) is 20.1. The number of fused-ring (bicyclic) bond motifs is 3. The quantitative estimate of drug-likeness (QED) is 0.0814. The van der Waals surface area contributed by atoms with Crippen molar-refractivity contribution in [3.8, 4) is 28.0 Å². The predicted octanol–water partition coefficient (Wildman–Crippen LogP) is 7.02. The number of ether oxygens (including phenoxy) is 2. The molecule has 6 aromatic rings. The summed E-state index contributed by atoms with van der Waals surface area (Å²) in [5.41, 5.74) is 5.49. The largest absolute Gasteiger partial charge is 0.482 e. The zero-order valence-electron chi connectivity index (χ0n) is 41.9. The lowest BCUT2D eigenvalue weighted by atomic mass is 9.85. The Morgan fingerprint density at radius 1 is 0.918 bits per heavy atom. The van der Waals surface area contributed by atoms with Crippen LogP contribution >= 0.6 is 22.9 Å². The smallest absolute Gasteiger partial charge is 0.258 e. The molecule has 4 N–H and O–H groups in total. The molecule has 1 saturated heterocycles. The van der Waals surface area contributed by atoms with E-state index in [9.17, 15) is 24.3 Å². The number of carbonyl (C=O) groups is 4. The standard InChI is InChI=1S/C53H59ClN10O8S/c1-27-30(4)73-52-45(27)46(33-13-15-35(54)16-14-33)59-40(49-62-61-31(5)64(49)52)22-42(66)58-36-19-39(20-36)72-44-18-17-38(23-55-44)70-25-43(67)60-48(53(6,7)8)51(69)63-24-37(65)21-41(63)50(68)57-28(2)32-9-11-34(12-10-32)47-29(3)56-26-71-47/h9-18,23,26,28,36-37,39-41,48,65H,19-22,24-25H2,1-8H3,(H,57,68)(H,58,66)(H,60,67)/t28-,36-,37+,39+,40-,41-,48?/m0/s1. The number of hydrogen-bond donors (Lipinski definition) is 4. The van der Waals surface area contributed by atoms with E-state index in [-0.39, 0.29) is 37.4 Å². The number of aliphatic hydroxyl groups is 1. The van der Waals surface area contributed by atoms with Gasteiger partial charge in [-0.05, 0) is 69.4 Å². The molecule has 4 amide bonds. The number of hydrogen-bond acceptors (Lipinski definition) is 14. The van der Waals surface area contributed by atoms with Gasteiger partial charge in [0.15, 0.2) is 24.6 Å². The van der Waals surface area contributed by atoms with Crippen molar-refractivity contribution in [1.29, 1.82) is 0 Å². The van der Waals surface area contributed by atoms with E-state index in [1.165, 1.54) is 17.5 Å². The molecular formula is C53H59ClN10O8S. The van der Waals surface area contributed by atoms with Gasteiger partial charge in [0.25, 0.3) is 5.91 Å². The second-order valence-corrected chi connectivity index (χ2v) is 21.7. The fraction of sp³-hybridized carbons (Fsp3) is 0.415. The Bertz CT molecular complexity index is 3050. The molecular weight excluding hydrogens is 972 g/mol. The van der Waals surface area contributed by atoms with E-state index in [2.05, 4.69) is 50.0 Å². The third-order valence-corrected chi connectivity index (χ3v) is 15.1. The minimum atomic E-state index is -1.04. The van der Waals surface area contributed by atoms with Gasteiger partial charge in [0.2, 0.25) is 23.6 Å². The van der Waals surface area contributed by atoms with Crippen molar-refractivity contribution >= 4 is 52.3 Å². The topological polar surface area (TPSA) is 228 Å². The Morgan fingerprint density at radius 2 is 1.64 bits per heavy atom. The lowest BCUT2D eigenvalue weighted by Crippen LogP contribution is -2.58. The third-order valence-electron chi connectivity index (χ3n) is 13.6. The van der Waals surface area contributed by atoms with E-state index in [1.54, 1.807) is 23.5 Å². The van der Waals surface area contributed by atoms with Gasteiger partial charge in [-0.3, -0.25) is 28.7 Å². The van der Waals surface area contributed by atoms with Crippen LogP contribution in [0.4, 0.5) is 0 Å². The highest BCUT2D eigenvalue weighted by Gasteiger charge is 2.45. The molecule has 1 saturated carbocycles. The summed E-state index contributed by atoms with van der Waals surface area (Å²) in [6.45, 7) is 14.8. The highest BCUT2D eigenvalue weighted by molar-refractivity contribution is 7.15. The van der Waals surface area contributed by atoms with E-state index < -0.39 is 60.0 Å². The molecule has 20 heteroatoms. The Hall–Kier alpha value is -6.96. The summed E-state index contributed by atoms with van der Waals surface area (Å²) in [6, 6.07) is 15.3. The van der Waals surface area contributed by atoms with Gasteiger partial charge in [0, 0.05) is 64.5 Å². The predicted molar refractivity (Wildman–Crippen MR) is 274 cm³/mol. The number of pyridine rings is 1. The summed E-state index contributed by atoms with van der Waals surface area (Å²) < 4.78 is 19.4. The van der Waals surface area contributed by atoms with Crippen LogP contribution in [0.1, 0.15) is 110 Å². The molecule has 382 valence electrons. The van der Waals surface area contributed by atoms with E-state index >= 15 is 0 Å². The second kappa shape index (κ2) is 20.9. The summed E-state index contributed by atoms with van der Waals surface area (Å²) in [5, 5.41) is 30.1. The van der Waals surface area contributed by atoms with Crippen LogP contribution in [-0.4, -0.2) is 108 Å². The molecule has 1 unspecified atom stereocenters. The average Bonchev–Trinajstić information content (AvgIpc) is 4.11. The SMILES string of the molecule is Cc1ncoc1-c1ccc([C@H](C)NC(=O)[C@@H]2C[C@@H](O)CN2C(=O)C(NC(=O)COc2ccc(O[C@H]3C[C@@H](NC(=O)C[C@@H]4N=C(c5ccc(Cl)cc5)c5c(sc(C)c5C)-n5c(C)nnc54)C3)nc2)C(C)(C)C)cc1. The van der Waals surface area contributed by atoms with E-state index in [0.717, 1.165) is 54.9 Å². The van der Waals surface area contributed by atoms with E-state index in [0.29, 0.717) is 41.1 Å². The molecule has 18 nitrogen and oxygen atoms in total. The van der Waals surface area contributed by atoms with Crippen molar-refractivity contribution in [3.05, 3.63) is 123 Å². The maximum Gasteiger partial charge on any atom is 0.258 e. The molecule has 4 aromatic heterocycles. The maximum atomic E-state index is 14.2. The van der Waals surface area contributed by atoms with E-state index in [4.69, 9.17) is 30.5 Å².